The van der Waals surface area contributed by atoms with Gasteiger partial charge < -0.3 is 9.84 Å². The number of hydrogen-bond donors (Lipinski definition) is 1. The molecule has 9 nitrogen and oxygen atoms in total. The van der Waals surface area contributed by atoms with E-state index in [1.165, 1.54) is 25.3 Å². The predicted molar refractivity (Wildman–Crippen MR) is 78.7 cm³/mol. The molecule has 118 valence electrons. The van der Waals surface area contributed by atoms with Gasteiger partial charge in [-0.1, -0.05) is 6.07 Å². The second-order valence-corrected chi connectivity index (χ2v) is 4.40. The normalized spacial score (nSPS) is 10.1. The summed E-state index contributed by atoms with van der Waals surface area (Å²) in [5.74, 6) is -1.39. The van der Waals surface area contributed by atoms with Crippen molar-refractivity contribution in [3.05, 3.63) is 62.2 Å². The Morgan fingerprint density at radius 2 is 1.83 bits per heavy atom. The number of carbonyl (C=O) groups is 1. The van der Waals surface area contributed by atoms with Crippen LogP contribution >= 0.6 is 0 Å². The average Bonchev–Trinajstić information content (AvgIpc) is 2.53. The first-order valence-corrected chi connectivity index (χ1v) is 6.20. The van der Waals surface area contributed by atoms with Gasteiger partial charge in [-0.3, -0.25) is 20.2 Å². The molecule has 0 fully saturated rings. The summed E-state index contributed by atoms with van der Waals surface area (Å²) in [6.45, 7) is 0. The van der Waals surface area contributed by atoms with Crippen molar-refractivity contribution in [1.82, 2.24) is 0 Å². The fourth-order valence-electron chi connectivity index (χ4n) is 2.15. The number of ether oxygens (including phenoxy) is 1. The zero-order chi connectivity index (χ0) is 17.1. The second kappa shape index (κ2) is 6.10. The van der Waals surface area contributed by atoms with Crippen molar-refractivity contribution >= 4 is 17.3 Å². The van der Waals surface area contributed by atoms with Gasteiger partial charge in [-0.05, 0) is 12.1 Å². The molecule has 9 heteroatoms. The maximum Gasteiger partial charge on any atom is 0.336 e. The first-order valence-electron chi connectivity index (χ1n) is 6.20. The largest absolute Gasteiger partial charge is 0.496 e. The van der Waals surface area contributed by atoms with Crippen LogP contribution in [0.5, 0.6) is 5.75 Å². The van der Waals surface area contributed by atoms with Gasteiger partial charge >= 0.3 is 5.97 Å². The molecular weight excluding hydrogens is 308 g/mol. The standard InChI is InChI=1S/C14H10N2O7/c1-23-12-7-8(15(19)20)5-6-9(12)13-10(14(17)18)3-2-4-11(13)16(21)22/h2-7H,1H3,(H,17,18). The van der Waals surface area contributed by atoms with Gasteiger partial charge in [0.25, 0.3) is 11.4 Å². The van der Waals surface area contributed by atoms with Crippen molar-refractivity contribution in [1.29, 1.82) is 0 Å². The molecule has 0 aliphatic carbocycles. The zero-order valence-electron chi connectivity index (χ0n) is 11.8. The smallest absolute Gasteiger partial charge is 0.336 e. The number of aromatic carboxylic acids is 1. The fraction of sp³-hybridized carbons (Fsp3) is 0.0714. The molecule has 0 unspecified atom stereocenters. The monoisotopic (exact) mass is 318 g/mol. The average molecular weight is 318 g/mol. The Labute approximate surface area is 129 Å². The molecule has 0 aliphatic heterocycles. The molecule has 0 atom stereocenters. The number of benzene rings is 2. The molecule has 0 spiro atoms. The summed E-state index contributed by atoms with van der Waals surface area (Å²) in [5.41, 5.74) is -1.09. The zero-order valence-corrected chi connectivity index (χ0v) is 11.8. The highest BCUT2D eigenvalue weighted by Crippen LogP contribution is 2.40. The SMILES string of the molecule is COc1cc([N+](=O)[O-])ccc1-c1c(C(=O)O)cccc1[N+](=O)[O-]. The highest BCUT2D eigenvalue weighted by molar-refractivity contribution is 6.00. The summed E-state index contributed by atoms with van der Waals surface area (Å²) >= 11 is 0. The van der Waals surface area contributed by atoms with E-state index in [1.807, 2.05) is 0 Å². The first-order chi connectivity index (χ1) is 10.9. The van der Waals surface area contributed by atoms with Gasteiger partial charge in [0.15, 0.2) is 0 Å². The van der Waals surface area contributed by atoms with Crippen LogP contribution in [0.2, 0.25) is 0 Å². The number of carboxylic acid groups (broad SMARTS) is 1. The molecule has 0 radical (unpaired) electrons. The van der Waals surface area contributed by atoms with E-state index in [1.54, 1.807) is 0 Å². The van der Waals surface area contributed by atoms with Crippen molar-refractivity contribution in [2.75, 3.05) is 7.11 Å². The number of nitro benzene ring substituents is 2. The molecule has 2 aromatic carbocycles. The van der Waals surface area contributed by atoms with Gasteiger partial charge in [-0.2, -0.15) is 0 Å². The van der Waals surface area contributed by atoms with Crippen LogP contribution in [0, 0.1) is 20.2 Å². The molecule has 0 saturated carbocycles. The minimum absolute atomic E-state index is 0.0315. The van der Waals surface area contributed by atoms with Gasteiger partial charge in [-0.15, -0.1) is 0 Å². The Morgan fingerprint density at radius 3 is 2.35 bits per heavy atom. The molecule has 23 heavy (non-hydrogen) atoms. The van der Waals surface area contributed by atoms with Crippen molar-refractivity contribution in [2.45, 2.75) is 0 Å². The van der Waals surface area contributed by atoms with E-state index >= 15 is 0 Å². The fourth-order valence-corrected chi connectivity index (χ4v) is 2.15. The molecule has 0 aliphatic rings. The van der Waals surface area contributed by atoms with Gasteiger partial charge in [0.2, 0.25) is 0 Å². The molecule has 0 aromatic heterocycles. The van der Waals surface area contributed by atoms with E-state index < -0.39 is 21.5 Å². The second-order valence-electron chi connectivity index (χ2n) is 4.40. The van der Waals surface area contributed by atoms with E-state index in [-0.39, 0.29) is 28.1 Å². The molecule has 2 rings (SSSR count). The maximum absolute atomic E-state index is 11.4. The minimum atomic E-state index is -1.36. The predicted octanol–water partition coefficient (Wildman–Crippen LogP) is 2.88. The highest BCUT2D eigenvalue weighted by atomic mass is 16.6. The topological polar surface area (TPSA) is 133 Å². The Morgan fingerprint density at radius 1 is 1.13 bits per heavy atom. The number of hydrogen-bond acceptors (Lipinski definition) is 6. The van der Waals surface area contributed by atoms with Crippen molar-refractivity contribution in [3.8, 4) is 16.9 Å². The number of methoxy groups -OCH3 is 1. The number of nitro groups is 2. The summed E-state index contributed by atoms with van der Waals surface area (Å²) in [5, 5.41) is 31.3. The van der Waals surface area contributed by atoms with Crippen molar-refractivity contribution < 1.29 is 24.5 Å². The Balaban J connectivity index is 2.82. The highest BCUT2D eigenvalue weighted by Gasteiger charge is 2.26. The van der Waals surface area contributed by atoms with Crippen LogP contribution in [0.4, 0.5) is 11.4 Å². The lowest BCUT2D eigenvalue weighted by atomic mass is 9.96. The van der Waals surface area contributed by atoms with Gasteiger partial charge in [0.05, 0.1) is 34.1 Å². The molecule has 0 saturated heterocycles. The van der Waals surface area contributed by atoms with Crippen LogP contribution < -0.4 is 4.74 Å². The van der Waals surface area contributed by atoms with E-state index in [9.17, 15) is 30.1 Å². The Hall–Kier alpha value is -3.49. The lowest BCUT2D eigenvalue weighted by Crippen LogP contribution is -2.04. The third-order valence-corrected chi connectivity index (χ3v) is 3.13. The van der Waals surface area contributed by atoms with Gasteiger partial charge in [0, 0.05) is 17.7 Å². The third-order valence-electron chi connectivity index (χ3n) is 3.13. The van der Waals surface area contributed by atoms with Crippen molar-refractivity contribution in [2.24, 2.45) is 0 Å². The maximum atomic E-state index is 11.4. The Bertz CT molecular complexity index is 785. The lowest BCUT2D eigenvalue weighted by Gasteiger charge is -2.11. The van der Waals surface area contributed by atoms with Crippen LogP contribution in [-0.4, -0.2) is 28.0 Å². The molecule has 0 amide bonds. The first kappa shape index (κ1) is 15.9. The molecule has 2 aromatic rings. The summed E-state index contributed by atoms with van der Waals surface area (Å²) in [4.78, 5) is 32.0. The van der Waals surface area contributed by atoms with E-state index in [0.717, 1.165) is 18.2 Å². The number of non-ortho nitro benzene ring substituents is 1. The number of carboxylic acids is 1. The van der Waals surface area contributed by atoms with Crippen molar-refractivity contribution in [3.63, 3.8) is 0 Å². The number of rotatable bonds is 5. The summed E-state index contributed by atoms with van der Waals surface area (Å²) in [6, 6.07) is 7.06. The molecule has 1 N–H and O–H groups in total. The van der Waals surface area contributed by atoms with Gasteiger partial charge in [-0.25, -0.2) is 4.79 Å². The number of nitrogens with zero attached hydrogens (tertiary/aromatic N) is 2. The van der Waals surface area contributed by atoms with E-state index in [0.29, 0.717) is 0 Å². The quantitative estimate of drug-likeness (QED) is 0.661. The summed E-state index contributed by atoms with van der Waals surface area (Å²) in [6.07, 6.45) is 0. The lowest BCUT2D eigenvalue weighted by molar-refractivity contribution is -0.385. The van der Waals surface area contributed by atoms with Crippen LogP contribution in [-0.2, 0) is 0 Å². The van der Waals surface area contributed by atoms with Crippen LogP contribution in [0.1, 0.15) is 10.4 Å². The molecule has 0 bridgehead atoms. The molecule has 0 heterocycles. The third kappa shape index (κ3) is 2.93. The van der Waals surface area contributed by atoms with E-state index in [4.69, 9.17) is 4.74 Å². The minimum Gasteiger partial charge on any atom is -0.496 e. The van der Waals surface area contributed by atoms with Crippen LogP contribution in [0.15, 0.2) is 36.4 Å². The van der Waals surface area contributed by atoms with Gasteiger partial charge in [0.1, 0.15) is 5.75 Å². The summed E-state index contributed by atoms with van der Waals surface area (Å²) < 4.78 is 5.04. The Kier molecular flexibility index (Phi) is 4.21. The van der Waals surface area contributed by atoms with Crippen LogP contribution in [0.25, 0.3) is 11.1 Å². The van der Waals surface area contributed by atoms with Crippen LogP contribution in [0.3, 0.4) is 0 Å². The summed E-state index contributed by atoms with van der Waals surface area (Å²) in [7, 11) is 1.23. The van der Waals surface area contributed by atoms with E-state index in [2.05, 4.69) is 0 Å². The molecular formula is C14H10N2O7.